The molecule has 0 bridgehead atoms. The maximum atomic E-state index is 12.3. The third kappa shape index (κ3) is 4.70. The molecule has 1 aromatic carbocycles. The molecule has 3 atom stereocenters. The summed E-state index contributed by atoms with van der Waals surface area (Å²) in [5.41, 5.74) is 0.578. The Labute approximate surface area is 168 Å². The number of aliphatic hydroxyl groups is 1. The molecule has 4 N–H and O–H groups in total. The predicted molar refractivity (Wildman–Crippen MR) is 105 cm³/mol. The number of imidazole rings is 2. The molecule has 3 aromatic rings. The summed E-state index contributed by atoms with van der Waals surface area (Å²) in [7, 11) is 0. The molecule has 4 rings (SSSR count). The molecule has 0 aliphatic carbocycles. The van der Waals surface area contributed by atoms with Gasteiger partial charge in [0.2, 0.25) is 0 Å². The molecule has 2 aromatic heterocycles. The molecule has 1 saturated heterocycles. The molecule has 0 radical (unpaired) electrons. The molecule has 1 amide bonds. The van der Waals surface area contributed by atoms with Crippen molar-refractivity contribution in [3.8, 4) is 0 Å². The second-order valence-corrected chi connectivity index (χ2v) is 6.98. The Bertz CT molecular complexity index is 848. The number of nitrogens with zero attached hydrogens (tertiary/aromatic N) is 3. The summed E-state index contributed by atoms with van der Waals surface area (Å²) in [4.78, 5) is 29.1. The molecule has 1 fully saturated rings. The van der Waals surface area contributed by atoms with Crippen LogP contribution in [0.3, 0.4) is 0 Å². The summed E-state index contributed by atoms with van der Waals surface area (Å²) >= 11 is 0. The summed E-state index contributed by atoms with van der Waals surface area (Å²) < 4.78 is 5.82. The van der Waals surface area contributed by atoms with Crippen LogP contribution in [0.2, 0.25) is 0 Å². The maximum Gasteiger partial charge on any atom is 0.251 e. The van der Waals surface area contributed by atoms with Crippen molar-refractivity contribution in [2.45, 2.75) is 31.3 Å². The molecule has 9 heteroatoms. The monoisotopic (exact) mass is 396 g/mol. The van der Waals surface area contributed by atoms with Gasteiger partial charge in [-0.15, -0.1) is 0 Å². The van der Waals surface area contributed by atoms with Crippen molar-refractivity contribution in [3.05, 3.63) is 72.3 Å². The molecule has 1 aliphatic rings. The number of rotatable bonds is 8. The van der Waals surface area contributed by atoms with E-state index in [0.29, 0.717) is 25.3 Å². The van der Waals surface area contributed by atoms with Gasteiger partial charge in [-0.05, 0) is 12.1 Å². The highest BCUT2D eigenvalue weighted by Gasteiger charge is 2.40. The number of aromatic nitrogens is 4. The Kier molecular flexibility index (Phi) is 5.99. The van der Waals surface area contributed by atoms with Crippen molar-refractivity contribution in [2.75, 3.05) is 13.2 Å². The van der Waals surface area contributed by atoms with Crippen molar-refractivity contribution in [1.29, 1.82) is 0 Å². The number of carbonyl (C=O) groups excluding carboxylic acids is 1. The van der Waals surface area contributed by atoms with Gasteiger partial charge < -0.3 is 25.1 Å². The zero-order valence-electron chi connectivity index (χ0n) is 15.9. The molecule has 0 saturated carbocycles. The van der Waals surface area contributed by atoms with Gasteiger partial charge in [-0.2, -0.15) is 0 Å². The van der Waals surface area contributed by atoms with E-state index in [4.69, 9.17) is 4.74 Å². The molecule has 1 aliphatic heterocycles. The lowest BCUT2D eigenvalue weighted by molar-refractivity contribution is 0.0293. The van der Waals surface area contributed by atoms with Crippen LogP contribution in [0, 0.1) is 0 Å². The first kappa shape index (κ1) is 19.3. The maximum absolute atomic E-state index is 12.3. The molecule has 29 heavy (non-hydrogen) atoms. The number of hydrogen-bond donors (Lipinski definition) is 4. The average Bonchev–Trinajstić information content (AvgIpc) is 3.50. The van der Waals surface area contributed by atoms with Crippen LogP contribution in [-0.2, 0) is 17.8 Å². The van der Waals surface area contributed by atoms with Crippen LogP contribution in [0.15, 0.2) is 55.1 Å². The number of carbonyl (C=O) groups is 1. The van der Waals surface area contributed by atoms with Crippen LogP contribution in [-0.4, -0.2) is 67.3 Å². The van der Waals surface area contributed by atoms with Gasteiger partial charge in [-0.1, -0.05) is 18.2 Å². The zero-order valence-corrected chi connectivity index (χ0v) is 15.9. The third-order valence-corrected chi connectivity index (χ3v) is 5.04. The highest BCUT2D eigenvalue weighted by molar-refractivity contribution is 5.94. The van der Waals surface area contributed by atoms with Gasteiger partial charge in [-0.25, -0.2) is 9.97 Å². The Hall–Kier alpha value is -3.01. The molecule has 3 heterocycles. The number of benzene rings is 1. The second-order valence-electron chi connectivity index (χ2n) is 6.98. The van der Waals surface area contributed by atoms with Crippen LogP contribution in [0.4, 0.5) is 0 Å². The average molecular weight is 396 g/mol. The van der Waals surface area contributed by atoms with Crippen LogP contribution in [0.5, 0.6) is 0 Å². The SMILES string of the molecule is O=C(NC[C@H]1OC[C@@H](N(Cc2ncc[nH]2)Cc2ncc[nH]2)[C@@H]1O)c1ccccc1. The molecule has 0 unspecified atom stereocenters. The lowest BCUT2D eigenvalue weighted by Gasteiger charge is -2.29. The normalized spacial score (nSPS) is 21.5. The summed E-state index contributed by atoms with van der Waals surface area (Å²) in [5.74, 6) is 1.40. The third-order valence-electron chi connectivity index (χ3n) is 5.04. The Morgan fingerprint density at radius 2 is 1.79 bits per heavy atom. The van der Waals surface area contributed by atoms with Gasteiger partial charge in [0.15, 0.2) is 0 Å². The predicted octanol–water partition coefficient (Wildman–Crippen LogP) is 0.693. The lowest BCUT2D eigenvalue weighted by atomic mass is 10.1. The van der Waals surface area contributed by atoms with Crippen molar-refractivity contribution < 1.29 is 14.6 Å². The van der Waals surface area contributed by atoms with E-state index in [1.54, 1.807) is 36.9 Å². The molecular weight excluding hydrogens is 372 g/mol. The first-order chi connectivity index (χ1) is 14.2. The van der Waals surface area contributed by atoms with Crippen LogP contribution in [0.1, 0.15) is 22.0 Å². The topological polar surface area (TPSA) is 119 Å². The summed E-state index contributed by atoms with van der Waals surface area (Å²) in [6.45, 7) is 1.62. The second kappa shape index (κ2) is 8.99. The molecule has 152 valence electrons. The van der Waals surface area contributed by atoms with E-state index >= 15 is 0 Å². The van der Waals surface area contributed by atoms with E-state index in [-0.39, 0.29) is 18.5 Å². The minimum absolute atomic E-state index is 0.187. The van der Waals surface area contributed by atoms with Crippen molar-refractivity contribution >= 4 is 5.91 Å². The fraction of sp³-hybridized carbons (Fsp3) is 0.350. The first-order valence-electron chi connectivity index (χ1n) is 9.54. The molecular formula is C20H24N6O3. The van der Waals surface area contributed by atoms with Gasteiger partial charge in [0.25, 0.3) is 5.91 Å². The number of aromatic amines is 2. The van der Waals surface area contributed by atoms with Gasteiger partial charge in [0.05, 0.1) is 31.8 Å². The number of aliphatic hydroxyl groups excluding tert-OH is 1. The van der Waals surface area contributed by atoms with E-state index in [2.05, 4.69) is 30.2 Å². The van der Waals surface area contributed by atoms with Crippen molar-refractivity contribution in [2.24, 2.45) is 0 Å². The highest BCUT2D eigenvalue weighted by atomic mass is 16.5. The van der Waals surface area contributed by atoms with Crippen LogP contribution >= 0.6 is 0 Å². The number of ether oxygens (including phenoxy) is 1. The minimum atomic E-state index is -0.754. The van der Waals surface area contributed by atoms with E-state index in [9.17, 15) is 9.90 Å². The molecule has 9 nitrogen and oxygen atoms in total. The number of amides is 1. The summed E-state index contributed by atoms with van der Waals surface area (Å²) in [6.07, 6.45) is 5.70. The van der Waals surface area contributed by atoms with E-state index in [1.165, 1.54) is 0 Å². The zero-order chi connectivity index (χ0) is 20.1. The fourth-order valence-electron chi connectivity index (χ4n) is 3.50. The van der Waals surface area contributed by atoms with Crippen LogP contribution in [0.25, 0.3) is 0 Å². The summed E-state index contributed by atoms with van der Waals surface area (Å²) in [6, 6.07) is 8.73. The number of hydrogen-bond acceptors (Lipinski definition) is 6. The van der Waals surface area contributed by atoms with Gasteiger partial charge in [0.1, 0.15) is 17.8 Å². The van der Waals surface area contributed by atoms with Gasteiger partial charge >= 0.3 is 0 Å². The first-order valence-corrected chi connectivity index (χ1v) is 9.54. The fourth-order valence-corrected chi connectivity index (χ4v) is 3.50. The van der Waals surface area contributed by atoms with Gasteiger partial charge in [-0.3, -0.25) is 9.69 Å². The van der Waals surface area contributed by atoms with Crippen molar-refractivity contribution in [1.82, 2.24) is 30.2 Å². The quantitative estimate of drug-likeness (QED) is 0.445. The Balaban J connectivity index is 1.39. The molecule has 0 spiro atoms. The van der Waals surface area contributed by atoms with E-state index in [1.807, 2.05) is 18.2 Å². The number of H-pyrrole nitrogens is 2. The summed E-state index contributed by atoms with van der Waals surface area (Å²) in [5, 5.41) is 13.7. The standard InChI is InChI=1S/C20H24N6O3/c27-19-15(13-29-16(19)10-25-20(28)14-4-2-1-3-5-14)26(11-17-21-6-7-22-17)12-18-23-8-9-24-18/h1-9,15-16,19,27H,10-13H2,(H,21,22)(H,23,24)(H,25,28)/t15-,16-,19+/m1/s1. The minimum Gasteiger partial charge on any atom is -0.389 e. The smallest absolute Gasteiger partial charge is 0.251 e. The number of nitrogens with one attached hydrogen (secondary N) is 3. The Morgan fingerprint density at radius 3 is 2.38 bits per heavy atom. The van der Waals surface area contributed by atoms with Crippen LogP contribution < -0.4 is 5.32 Å². The van der Waals surface area contributed by atoms with Crippen molar-refractivity contribution in [3.63, 3.8) is 0 Å². The van der Waals surface area contributed by atoms with E-state index in [0.717, 1.165) is 11.6 Å². The van der Waals surface area contributed by atoms with E-state index < -0.39 is 12.2 Å². The Morgan fingerprint density at radius 1 is 1.14 bits per heavy atom. The largest absolute Gasteiger partial charge is 0.389 e. The lowest BCUT2D eigenvalue weighted by Crippen LogP contribution is -2.46. The highest BCUT2D eigenvalue weighted by Crippen LogP contribution is 2.22. The van der Waals surface area contributed by atoms with Gasteiger partial charge in [0, 0.05) is 36.9 Å².